The lowest BCUT2D eigenvalue weighted by Gasteiger charge is -2.39. The molecule has 1 aliphatic heterocycles. The number of anilines is 2. The third-order valence-corrected chi connectivity index (χ3v) is 7.13. The summed E-state index contributed by atoms with van der Waals surface area (Å²) in [6, 6.07) is 14.7. The number of pyridine rings is 1. The molecule has 2 N–H and O–H groups in total. The standard InChI is InChI=1S/C29H29ClN6O4/c1-4-25(37)32-20-16-35(17-20)10-11-36-27-18(15-31-29(34-27)33-19-8-6-5-7-9-19)12-23(28(36)38)22-13-21(39-2)14-24(40-3)26(22)30/h4-9,12-15,20H,1,10-11,16-17H2,2-3H3,(H,32,37)(H,31,33,34). The van der Waals surface area contributed by atoms with Crippen molar-refractivity contribution in [1.82, 2.24) is 24.8 Å². The summed E-state index contributed by atoms with van der Waals surface area (Å²) in [4.78, 5) is 37.0. The van der Waals surface area contributed by atoms with Gasteiger partial charge in [0.05, 0.1) is 25.3 Å². The Morgan fingerprint density at radius 1 is 1.12 bits per heavy atom. The van der Waals surface area contributed by atoms with Crippen LogP contribution in [-0.4, -0.2) is 65.2 Å². The van der Waals surface area contributed by atoms with E-state index in [2.05, 4.69) is 27.1 Å². The molecule has 0 aliphatic carbocycles. The van der Waals surface area contributed by atoms with Gasteiger partial charge in [-0.15, -0.1) is 0 Å². The highest BCUT2D eigenvalue weighted by molar-refractivity contribution is 6.35. The van der Waals surface area contributed by atoms with Crippen LogP contribution in [-0.2, 0) is 11.3 Å². The average molecular weight is 561 g/mol. The summed E-state index contributed by atoms with van der Waals surface area (Å²) in [5, 5.41) is 7.06. The second-order valence-corrected chi connectivity index (χ2v) is 9.72. The molecule has 1 fully saturated rings. The highest BCUT2D eigenvalue weighted by atomic mass is 35.5. The van der Waals surface area contributed by atoms with E-state index in [1.807, 2.05) is 30.3 Å². The molecule has 4 aromatic rings. The van der Waals surface area contributed by atoms with E-state index in [0.717, 1.165) is 5.69 Å². The number of nitrogens with zero attached hydrogens (tertiary/aromatic N) is 4. The van der Waals surface area contributed by atoms with Crippen molar-refractivity contribution in [2.24, 2.45) is 0 Å². The second kappa shape index (κ2) is 11.8. The summed E-state index contributed by atoms with van der Waals surface area (Å²) in [5.74, 6) is 1.08. The summed E-state index contributed by atoms with van der Waals surface area (Å²) in [5.41, 5.74) is 1.93. The van der Waals surface area contributed by atoms with Crippen molar-refractivity contribution < 1.29 is 14.3 Å². The molecule has 1 aliphatic rings. The number of fused-ring (bicyclic) bond motifs is 1. The van der Waals surface area contributed by atoms with Gasteiger partial charge in [0.25, 0.3) is 5.56 Å². The predicted molar refractivity (Wildman–Crippen MR) is 156 cm³/mol. The highest BCUT2D eigenvalue weighted by Crippen LogP contribution is 2.38. The number of hydrogen-bond donors (Lipinski definition) is 2. The molecule has 0 spiro atoms. The van der Waals surface area contributed by atoms with Gasteiger partial charge in [0.1, 0.15) is 17.1 Å². The fourth-order valence-electron chi connectivity index (χ4n) is 4.65. The van der Waals surface area contributed by atoms with Gasteiger partial charge in [-0.05, 0) is 30.3 Å². The maximum Gasteiger partial charge on any atom is 0.260 e. The molecule has 2 aromatic heterocycles. The molecule has 5 rings (SSSR count). The minimum absolute atomic E-state index is 0.0531. The third kappa shape index (κ3) is 5.63. The monoisotopic (exact) mass is 560 g/mol. The van der Waals surface area contributed by atoms with Crippen LogP contribution < -0.4 is 25.7 Å². The Morgan fingerprint density at radius 3 is 2.60 bits per heavy atom. The van der Waals surface area contributed by atoms with Gasteiger partial charge in [0, 0.05) is 60.6 Å². The first-order valence-electron chi connectivity index (χ1n) is 12.7. The summed E-state index contributed by atoms with van der Waals surface area (Å²) in [6.45, 7) is 5.81. The Labute approximate surface area is 236 Å². The number of carbonyl (C=O) groups is 1. The van der Waals surface area contributed by atoms with E-state index in [1.165, 1.54) is 20.3 Å². The maximum absolute atomic E-state index is 14.0. The third-order valence-electron chi connectivity index (χ3n) is 6.74. The molecule has 0 atom stereocenters. The predicted octanol–water partition coefficient (Wildman–Crippen LogP) is 3.86. The van der Waals surface area contributed by atoms with E-state index in [1.54, 1.807) is 29.0 Å². The Balaban J connectivity index is 1.54. The normalized spacial score (nSPS) is 13.5. The van der Waals surface area contributed by atoms with E-state index < -0.39 is 0 Å². The van der Waals surface area contributed by atoms with E-state index in [4.69, 9.17) is 26.1 Å². The summed E-state index contributed by atoms with van der Waals surface area (Å²) in [6.07, 6.45) is 2.95. The fraction of sp³-hybridized carbons (Fsp3) is 0.241. The number of ether oxygens (including phenoxy) is 2. The molecular formula is C29H29ClN6O4. The van der Waals surface area contributed by atoms with E-state index in [-0.39, 0.29) is 17.5 Å². The van der Waals surface area contributed by atoms with Crippen molar-refractivity contribution in [1.29, 1.82) is 0 Å². The number of amides is 1. The quantitative estimate of drug-likeness (QED) is 0.281. The Bertz CT molecular complexity index is 1620. The Kier molecular flexibility index (Phi) is 7.99. The topological polar surface area (TPSA) is 111 Å². The number of nitrogens with one attached hydrogen (secondary N) is 2. The number of halogens is 1. The van der Waals surface area contributed by atoms with Crippen LogP contribution in [0.25, 0.3) is 22.2 Å². The van der Waals surface area contributed by atoms with Crippen LogP contribution in [0.3, 0.4) is 0 Å². The van der Waals surface area contributed by atoms with Gasteiger partial charge in [-0.3, -0.25) is 19.1 Å². The Hall–Kier alpha value is -4.41. The smallest absolute Gasteiger partial charge is 0.260 e. The molecule has 0 radical (unpaired) electrons. The molecule has 40 heavy (non-hydrogen) atoms. The first-order chi connectivity index (χ1) is 19.4. The largest absolute Gasteiger partial charge is 0.497 e. The first kappa shape index (κ1) is 27.2. The number of likely N-dealkylation sites (tertiary alicyclic amines) is 1. The van der Waals surface area contributed by atoms with E-state index in [9.17, 15) is 9.59 Å². The zero-order valence-corrected chi connectivity index (χ0v) is 22.9. The summed E-state index contributed by atoms with van der Waals surface area (Å²) < 4.78 is 12.5. The van der Waals surface area contributed by atoms with Gasteiger partial charge in [-0.1, -0.05) is 36.4 Å². The molecule has 1 amide bonds. The van der Waals surface area contributed by atoms with Crippen molar-refractivity contribution in [2.75, 3.05) is 39.2 Å². The number of carbonyl (C=O) groups excluding carboxylic acids is 1. The molecular weight excluding hydrogens is 532 g/mol. The fourth-order valence-corrected chi connectivity index (χ4v) is 4.94. The number of hydrogen-bond acceptors (Lipinski definition) is 8. The zero-order valence-electron chi connectivity index (χ0n) is 22.2. The number of rotatable bonds is 10. The molecule has 10 nitrogen and oxygen atoms in total. The van der Waals surface area contributed by atoms with E-state index >= 15 is 0 Å². The lowest BCUT2D eigenvalue weighted by molar-refractivity contribution is -0.118. The number of para-hydroxylation sites is 1. The minimum Gasteiger partial charge on any atom is -0.497 e. The average Bonchev–Trinajstić information content (AvgIpc) is 2.95. The molecule has 3 heterocycles. The molecule has 0 bridgehead atoms. The molecule has 2 aromatic carbocycles. The van der Waals surface area contributed by atoms with Crippen LogP contribution in [0, 0.1) is 0 Å². The number of methoxy groups -OCH3 is 2. The van der Waals surface area contributed by atoms with Gasteiger partial charge in [-0.2, -0.15) is 4.98 Å². The van der Waals surface area contributed by atoms with Crippen LogP contribution in [0.15, 0.2) is 72.2 Å². The van der Waals surface area contributed by atoms with Gasteiger partial charge < -0.3 is 20.1 Å². The van der Waals surface area contributed by atoms with Gasteiger partial charge in [0.15, 0.2) is 0 Å². The first-order valence-corrected chi connectivity index (χ1v) is 13.1. The molecule has 206 valence electrons. The van der Waals surface area contributed by atoms with Crippen molar-refractivity contribution in [3.63, 3.8) is 0 Å². The van der Waals surface area contributed by atoms with Crippen molar-refractivity contribution >= 4 is 40.2 Å². The van der Waals surface area contributed by atoms with Crippen LogP contribution in [0.2, 0.25) is 5.02 Å². The van der Waals surface area contributed by atoms with Crippen LogP contribution in [0.5, 0.6) is 11.5 Å². The van der Waals surface area contributed by atoms with E-state index in [0.29, 0.717) is 70.8 Å². The SMILES string of the molecule is C=CC(=O)NC1CN(CCn2c(=O)c(-c3cc(OC)cc(OC)c3Cl)cc3cnc(Nc4ccccc4)nc32)C1. The van der Waals surface area contributed by atoms with Gasteiger partial charge in [-0.25, -0.2) is 4.98 Å². The summed E-state index contributed by atoms with van der Waals surface area (Å²) in [7, 11) is 3.05. The van der Waals surface area contributed by atoms with Crippen LogP contribution >= 0.6 is 11.6 Å². The van der Waals surface area contributed by atoms with Gasteiger partial charge in [0.2, 0.25) is 11.9 Å². The van der Waals surface area contributed by atoms with Gasteiger partial charge >= 0.3 is 0 Å². The number of benzene rings is 2. The molecule has 11 heteroatoms. The van der Waals surface area contributed by atoms with Crippen molar-refractivity contribution in [3.8, 4) is 22.6 Å². The number of aromatic nitrogens is 3. The molecule has 0 unspecified atom stereocenters. The maximum atomic E-state index is 14.0. The van der Waals surface area contributed by atoms with Crippen LogP contribution in [0.1, 0.15) is 0 Å². The van der Waals surface area contributed by atoms with Crippen molar-refractivity contribution in [3.05, 3.63) is 82.8 Å². The minimum atomic E-state index is -0.258. The van der Waals surface area contributed by atoms with Crippen molar-refractivity contribution in [2.45, 2.75) is 12.6 Å². The molecule has 0 saturated carbocycles. The van der Waals surface area contributed by atoms with Crippen LogP contribution in [0.4, 0.5) is 11.6 Å². The summed E-state index contributed by atoms with van der Waals surface area (Å²) >= 11 is 6.67. The zero-order chi connectivity index (χ0) is 28.2. The lowest BCUT2D eigenvalue weighted by Crippen LogP contribution is -2.59. The highest BCUT2D eigenvalue weighted by Gasteiger charge is 2.27. The molecule has 1 saturated heterocycles. The lowest BCUT2D eigenvalue weighted by atomic mass is 10.0. The Morgan fingerprint density at radius 2 is 1.90 bits per heavy atom. The second-order valence-electron chi connectivity index (χ2n) is 9.34.